The first kappa shape index (κ1) is 15.1. The Balaban J connectivity index is 2.98. The van der Waals surface area contributed by atoms with Gasteiger partial charge in [-0.3, -0.25) is 4.79 Å². The lowest BCUT2D eigenvalue weighted by Crippen LogP contribution is -2.39. The highest BCUT2D eigenvalue weighted by atomic mass is 35.5. The zero-order valence-electron chi connectivity index (χ0n) is 10.5. The summed E-state index contributed by atoms with van der Waals surface area (Å²) in [6.45, 7) is 2.32. The van der Waals surface area contributed by atoms with Crippen LogP contribution in [0.25, 0.3) is 0 Å². The predicted molar refractivity (Wildman–Crippen MR) is 72.7 cm³/mol. The van der Waals surface area contributed by atoms with Gasteiger partial charge in [0, 0.05) is 11.6 Å². The van der Waals surface area contributed by atoms with E-state index < -0.39 is 5.91 Å². The molecular formula is C12H16ClN3O3. The number of phenols is 1. The molecule has 0 spiro atoms. The van der Waals surface area contributed by atoms with Crippen molar-refractivity contribution >= 4 is 23.3 Å². The number of benzene rings is 1. The Bertz CT molecular complexity index is 491. The van der Waals surface area contributed by atoms with Crippen molar-refractivity contribution in [3.8, 4) is 5.75 Å². The largest absolute Gasteiger partial charge is 0.507 e. The van der Waals surface area contributed by atoms with Gasteiger partial charge in [-0.2, -0.15) is 0 Å². The van der Waals surface area contributed by atoms with E-state index >= 15 is 0 Å². The maximum absolute atomic E-state index is 12.2. The normalized spacial score (nSPS) is 11.4. The van der Waals surface area contributed by atoms with Crippen LogP contribution in [0.1, 0.15) is 23.7 Å². The van der Waals surface area contributed by atoms with E-state index in [1.807, 2.05) is 6.92 Å². The molecule has 1 amide bonds. The second-order valence-electron chi connectivity index (χ2n) is 3.98. The van der Waals surface area contributed by atoms with Gasteiger partial charge in [-0.05, 0) is 24.6 Å². The molecule has 0 aliphatic rings. The topological polar surface area (TPSA) is 99.1 Å². The minimum Gasteiger partial charge on any atom is -0.507 e. The minimum atomic E-state index is -0.400. The van der Waals surface area contributed by atoms with Gasteiger partial charge in [0.25, 0.3) is 5.91 Å². The minimum absolute atomic E-state index is 0.00869. The predicted octanol–water partition coefficient (Wildman–Crippen LogP) is 1.64. The van der Waals surface area contributed by atoms with E-state index in [2.05, 4.69) is 5.16 Å². The Labute approximate surface area is 116 Å². The van der Waals surface area contributed by atoms with Crippen LogP contribution in [0.15, 0.2) is 23.4 Å². The van der Waals surface area contributed by atoms with Gasteiger partial charge in [-0.1, -0.05) is 23.7 Å². The third-order valence-corrected chi connectivity index (χ3v) is 2.69. The number of hydrogen-bond donors (Lipinski definition) is 3. The van der Waals surface area contributed by atoms with Gasteiger partial charge in [0.15, 0.2) is 5.84 Å². The summed E-state index contributed by atoms with van der Waals surface area (Å²) in [6, 6.07) is 4.25. The number of amidine groups is 1. The third kappa shape index (κ3) is 4.03. The number of hydrogen-bond acceptors (Lipinski definition) is 4. The van der Waals surface area contributed by atoms with Gasteiger partial charge in [-0.25, -0.2) is 0 Å². The highest BCUT2D eigenvalue weighted by molar-refractivity contribution is 6.30. The van der Waals surface area contributed by atoms with Crippen molar-refractivity contribution in [3.05, 3.63) is 28.8 Å². The fraction of sp³-hybridized carbons (Fsp3) is 0.333. The number of oxime groups is 1. The molecule has 6 nitrogen and oxygen atoms in total. The average Bonchev–Trinajstić information content (AvgIpc) is 2.37. The second kappa shape index (κ2) is 6.84. The second-order valence-corrected chi connectivity index (χ2v) is 4.42. The fourth-order valence-corrected chi connectivity index (χ4v) is 1.77. The summed E-state index contributed by atoms with van der Waals surface area (Å²) in [5.41, 5.74) is 5.53. The Morgan fingerprint density at radius 3 is 2.74 bits per heavy atom. The maximum Gasteiger partial charge on any atom is 0.258 e. The van der Waals surface area contributed by atoms with Crippen molar-refractivity contribution in [2.75, 3.05) is 13.1 Å². The van der Waals surface area contributed by atoms with Gasteiger partial charge in [-0.15, -0.1) is 0 Å². The first-order chi connectivity index (χ1) is 8.99. The highest BCUT2D eigenvalue weighted by Crippen LogP contribution is 2.23. The summed E-state index contributed by atoms with van der Waals surface area (Å²) in [6.07, 6.45) is 0.707. The number of carbonyl (C=O) groups excluding carboxylic acids is 1. The first-order valence-corrected chi connectivity index (χ1v) is 6.11. The summed E-state index contributed by atoms with van der Waals surface area (Å²) in [5, 5.41) is 21.5. The monoisotopic (exact) mass is 285 g/mol. The number of nitrogens with two attached hydrogens (primary N) is 1. The zero-order valence-corrected chi connectivity index (χ0v) is 11.3. The quantitative estimate of drug-likeness (QED) is 0.331. The van der Waals surface area contributed by atoms with Crippen LogP contribution < -0.4 is 5.73 Å². The summed E-state index contributed by atoms with van der Waals surface area (Å²) in [5.74, 6) is -0.670. The van der Waals surface area contributed by atoms with Gasteiger partial charge in [0.05, 0.1) is 12.1 Å². The van der Waals surface area contributed by atoms with Gasteiger partial charge in [0.1, 0.15) is 5.75 Å². The van der Waals surface area contributed by atoms with Crippen molar-refractivity contribution in [1.29, 1.82) is 0 Å². The molecular weight excluding hydrogens is 270 g/mol. The molecule has 0 aromatic heterocycles. The standard InChI is InChI=1S/C12H16ClN3O3/c1-2-5-16(7-11(14)15-19)12(18)9-4-3-8(13)6-10(9)17/h3-4,6,17,19H,2,5,7H2,1H3,(H2,14,15). The van der Waals surface area contributed by atoms with Crippen LogP contribution in [0.2, 0.25) is 5.02 Å². The molecule has 0 fully saturated rings. The lowest BCUT2D eigenvalue weighted by Gasteiger charge is -2.21. The maximum atomic E-state index is 12.2. The lowest BCUT2D eigenvalue weighted by molar-refractivity contribution is 0.0775. The van der Waals surface area contributed by atoms with E-state index in [1.165, 1.54) is 23.1 Å². The number of rotatable bonds is 5. The molecule has 4 N–H and O–H groups in total. The van der Waals surface area contributed by atoms with E-state index in [0.717, 1.165) is 0 Å². The van der Waals surface area contributed by atoms with Gasteiger partial charge < -0.3 is 20.9 Å². The molecule has 1 aromatic rings. The number of aromatic hydroxyl groups is 1. The molecule has 0 unspecified atom stereocenters. The molecule has 0 saturated carbocycles. The Hall–Kier alpha value is -1.95. The third-order valence-electron chi connectivity index (χ3n) is 2.45. The molecule has 0 aliphatic heterocycles. The van der Waals surface area contributed by atoms with Crippen LogP contribution >= 0.6 is 11.6 Å². The van der Waals surface area contributed by atoms with Crippen molar-refractivity contribution in [2.24, 2.45) is 10.9 Å². The van der Waals surface area contributed by atoms with Crippen molar-refractivity contribution in [3.63, 3.8) is 0 Å². The summed E-state index contributed by atoms with van der Waals surface area (Å²) in [4.78, 5) is 13.6. The lowest BCUT2D eigenvalue weighted by atomic mass is 10.1. The van der Waals surface area contributed by atoms with Crippen LogP contribution in [-0.4, -0.2) is 40.0 Å². The molecule has 0 bridgehead atoms. The molecule has 1 rings (SSSR count). The molecule has 0 saturated heterocycles. The van der Waals surface area contributed by atoms with Crippen LogP contribution in [0.5, 0.6) is 5.75 Å². The van der Waals surface area contributed by atoms with E-state index in [-0.39, 0.29) is 23.7 Å². The molecule has 7 heteroatoms. The summed E-state index contributed by atoms with van der Waals surface area (Å²) >= 11 is 5.71. The summed E-state index contributed by atoms with van der Waals surface area (Å²) < 4.78 is 0. The number of nitrogens with zero attached hydrogens (tertiary/aromatic N) is 2. The van der Waals surface area contributed by atoms with Crippen molar-refractivity contribution < 1.29 is 15.1 Å². The Morgan fingerprint density at radius 1 is 1.53 bits per heavy atom. The van der Waals surface area contributed by atoms with Crippen LogP contribution in [0, 0.1) is 0 Å². The van der Waals surface area contributed by atoms with E-state index in [9.17, 15) is 9.90 Å². The highest BCUT2D eigenvalue weighted by Gasteiger charge is 2.19. The number of halogens is 1. The van der Waals surface area contributed by atoms with Crippen LogP contribution in [-0.2, 0) is 0 Å². The molecule has 0 atom stereocenters. The average molecular weight is 286 g/mol. The van der Waals surface area contributed by atoms with Gasteiger partial charge in [0.2, 0.25) is 0 Å². The number of carbonyl (C=O) groups is 1. The smallest absolute Gasteiger partial charge is 0.258 e. The van der Waals surface area contributed by atoms with Crippen molar-refractivity contribution in [1.82, 2.24) is 4.90 Å². The Morgan fingerprint density at radius 2 is 2.21 bits per heavy atom. The van der Waals surface area contributed by atoms with E-state index in [4.69, 9.17) is 22.5 Å². The fourth-order valence-electron chi connectivity index (χ4n) is 1.61. The molecule has 0 radical (unpaired) electrons. The van der Waals surface area contributed by atoms with E-state index in [1.54, 1.807) is 0 Å². The molecule has 104 valence electrons. The SMILES string of the molecule is CCCN(CC(N)=NO)C(=O)c1ccc(Cl)cc1O. The first-order valence-electron chi connectivity index (χ1n) is 5.73. The van der Waals surface area contributed by atoms with Crippen molar-refractivity contribution in [2.45, 2.75) is 13.3 Å². The van der Waals surface area contributed by atoms with Crippen LogP contribution in [0.4, 0.5) is 0 Å². The molecule has 0 heterocycles. The molecule has 1 aromatic carbocycles. The zero-order chi connectivity index (χ0) is 14.4. The van der Waals surface area contributed by atoms with Gasteiger partial charge >= 0.3 is 0 Å². The molecule has 19 heavy (non-hydrogen) atoms. The summed E-state index contributed by atoms with van der Waals surface area (Å²) in [7, 11) is 0. The van der Waals surface area contributed by atoms with Crippen LogP contribution in [0.3, 0.4) is 0 Å². The molecule has 0 aliphatic carbocycles. The van der Waals surface area contributed by atoms with E-state index in [0.29, 0.717) is 18.0 Å². The Kier molecular flexibility index (Phi) is 5.44. The number of phenolic OH excluding ortho intramolecular Hbond substituents is 1. The number of amides is 1.